The average molecular weight is 221 g/mol. The molecule has 0 bridgehead atoms. The van der Waals surface area contributed by atoms with E-state index >= 15 is 0 Å². The highest BCUT2D eigenvalue weighted by Crippen LogP contribution is 2.15. The number of nitrogens with one attached hydrogen (secondary N) is 1. The van der Waals surface area contributed by atoms with Crippen molar-refractivity contribution in [2.24, 2.45) is 0 Å². The molecule has 16 heavy (non-hydrogen) atoms. The molecule has 0 unspecified atom stereocenters. The summed E-state index contributed by atoms with van der Waals surface area (Å²) in [6, 6.07) is 2.07. The Kier molecular flexibility index (Phi) is 5.23. The van der Waals surface area contributed by atoms with Gasteiger partial charge in [0.05, 0.1) is 0 Å². The van der Waals surface area contributed by atoms with Crippen LogP contribution in [-0.4, -0.2) is 16.5 Å². The van der Waals surface area contributed by atoms with Gasteiger partial charge in [0.1, 0.15) is 11.6 Å². The molecule has 1 aromatic heterocycles. The minimum Gasteiger partial charge on any atom is -0.370 e. The van der Waals surface area contributed by atoms with Crippen LogP contribution >= 0.6 is 0 Å². The lowest BCUT2D eigenvalue weighted by molar-refractivity contribution is 0.748. The second-order valence-electron chi connectivity index (χ2n) is 4.43. The number of rotatable bonds is 6. The van der Waals surface area contributed by atoms with Crippen molar-refractivity contribution >= 4 is 5.82 Å². The van der Waals surface area contributed by atoms with E-state index in [0.29, 0.717) is 5.92 Å². The fourth-order valence-electron chi connectivity index (χ4n) is 1.50. The Morgan fingerprint density at radius 3 is 2.50 bits per heavy atom. The van der Waals surface area contributed by atoms with Gasteiger partial charge in [0.15, 0.2) is 0 Å². The van der Waals surface area contributed by atoms with Crippen LogP contribution < -0.4 is 5.32 Å². The summed E-state index contributed by atoms with van der Waals surface area (Å²) < 4.78 is 0. The van der Waals surface area contributed by atoms with Gasteiger partial charge in [-0.2, -0.15) is 0 Å². The van der Waals surface area contributed by atoms with Crippen molar-refractivity contribution in [2.75, 3.05) is 11.9 Å². The highest BCUT2D eigenvalue weighted by Gasteiger charge is 2.07. The van der Waals surface area contributed by atoms with Crippen LogP contribution in [0.1, 0.15) is 58.0 Å². The fourth-order valence-corrected chi connectivity index (χ4v) is 1.50. The molecule has 0 amide bonds. The number of hydrogen-bond donors (Lipinski definition) is 1. The molecule has 0 aliphatic carbocycles. The Labute approximate surface area is 98.7 Å². The second-order valence-corrected chi connectivity index (χ2v) is 4.43. The number of aryl methyl sites for hydroxylation is 1. The summed E-state index contributed by atoms with van der Waals surface area (Å²) in [5.74, 6) is 2.31. The summed E-state index contributed by atoms with van der Waals surface area (Å²) in [6.45, 7) is 9.57. The molecule has 0 aromatic carbocycles. The van der Waals surface area contributed by atoms with Crippen LogP contribution in [0.4, 0.5) is 5.82 Å². The van der Waals surface area contributed by atoms with Crippen molar-refractivity contribution in [3.8, 4) is 0 Å². The lowest BCUT2D eigenvalue weighted by atomic mass is 10.2. The van der Waals surface area contributed by atoms with Crippen LogP contribution in [0, 0.1) is 0 Å². The maximum atomic E-state index is 4.58. The predicted octanol–water partition coefficient (Wildman–Crippen LogP) is 3.37. The zero-order chi connectivity index (χ0) is 12.0. The highest BCUT2D eigenvalue weighted by molar-refractivity contribution is 5.36. The van der Waals surface area contributed by atoms with E-state index in [4.69, 9.17) is 0 Å². The molecule has 1 aromatic rings. The second kappa shape index (κ2) is 6.46. The Balaban J connectivity index is 2.89. The van der Waals surface area contributed by atoms with E-state index in [1.54, 1.807) is 0 Å². The molecular formula is C13H23N3. The molecule has 1 heterocycles. The van der Waals surface area contributed by atoms with Gasteiger partial charge in [-0.05, 0) is 12.8 Å². The molecular weight excluding hydrogens is 198 g/mol. The third-order valence-electron chi connectivity index (χ3n) is 2.38. The first-order valence-electron chi connectivity index (χ1n) is 6.29. The van der Waals surface area contributed by atoms with Crippen LogP contribution in [0.2, 0.25) is 0 Å². The lowest BCUT2D eigenvalue weighted by Crippen LogP contribution is -2.08. The molecule has 1 rings (SSSR count). The van der Waals surface area contributed by atoms with Gasteiger partial charge in [0, 0.05) is 24.2 Å². The van der Waals surface area contributed by atoms with Crippen LogP contribution in [0.15, 0.2) is 6.07 Å². The van der Waals surface area contributed by atoms with E-state index < -0.39 is 0 Å². The molecule has 0 spiro atoms. The standard InChI is InChI=1S/C13H23N3/c1-5-7-11-9-12(14-8-6-2)16-13(15-11)10(3)4/h9-10H,5-8H2,1-4H3,(H,14,15,16). The van der Waals surface area contributed by atoms with Gasteiger partial charge < -0.3 is 5.32 Å². The van der Waals surface area contributed by atoms with Gasteiger partial charge in [-0.25, -0.2) is 9.97 Å². The SMILES string of the molecule is CCCNc1cc(CCC)nc(C(C)C)n1. The molecule has 1 N–H and O–H groups in total. The molecule has 0 atom stereocenters. The van der Waals surface area contributed by atoms with E-state index in [1.807, 2.05) is 0 Å². The number of aromatic nitrogens is 2. The zero-order valence-electron chi connectivity index (χ0n) is 10.9. The molecule has 0 fully saturated rings. The van der Waals surface area contributed by atoms with E-state index in [9.17, 15) is 0 Å². The first-order valence-corrected chi connectivity index (χ1v) is 6.29. The third kappa shape index (κ3) is 3.80. The maximum Gasteiger partial charge on any atom is 0.133 e. The van der Waals surface area contributed by atoms with E-state index in [1.165, 1.54) is 0 Å². The number of nitrogens with zero attached hydrogens (tertiary/aromatic N) is 2. The highest BCUT2D eigenvalue weighted by atomic mass is 15.0. The first kappa shape index (κ1) is 12.9. The van der Waals surface area contributed by atoms with E-state index in [2.05, 4.69) is 49.0 Å². The average Bonchev–Trinajstić information content (AvgIpc) is 2.26. The quantitative estimate of drug-likeness (QED) is 0.800. The summed E-state index contributed by atoms with van der Waals surface area (Å²) >= 11 is 0. The summed E-state index contributed by atoms with van der Waals surface area (Å²) in [7, 11) is 0. The molecule has 3 nitrogen and oxygen atoms in total. The summed E-state index contributed by atoms with van der Waals surface area (Å²) in [5, 5.41) is 3.34. The van der Waals surface area contributed by atoms with Crippen molar-refractivity contribution in [2.45, 2.75) is 52.9 Å². The molecule has 3 heteroatoms. The van der Waals surface area contributed by atoms with E-state index in [-0.39, 0.29) is 0 Å². The summed E-state index contributed by atoms with van der Waals surface area (Å²) in [6.07, 6.45) is 3.27. The van der Waals surface area contributed by atoms with E-state index in [0.717, 1.165) is 43.1 Å². The van der Waals surface area contributed by atoms with Gasteiger partial charge in [0.2, 0.25) is 0 Å². The first-order chi connectivity index (χ1) is 7.67. The Morgan fingerprint density at radius 2 is 1.94 bits per heavy atom. The van der Waals surface area contributed by atoms with Gasteiger partial charge >= 0.3 is 0 Å². The summed E-state index contributed by atoms with van der Waals surface area (Å²) in [4.78, 5) is 9.11. The monoisotopic (exact) mass is 221 g/mol. The largest absolute Gasteiger partial charge is 0.370 e. The lowest BCUT2D eigenvalue weighted by Gasteiger charge is -2.10. The van der Waals surface area contributed by atoms with Crippen molar-refractivity contribution in [3.63, 3.8) is 0 Å². The van der Waals surface area contributed by atoms with Crippen molar-refractivity contribution < 1.29 is 0 Å². The van der Waals surface area contributed by atoms with Crippen LogP contribution in [0.3, 0.4) is 0 Å². The van der Waals surface area contributed by atoms with Crippen LogP contribution in [-0.2, 0) is 6.42 Å². The van der Waals surface area contributed by atoms with Crippen molar-refractivity contribution in [3.05, 3.63) is 17.6 Å². The van der Waals surface area contributed by atoms with Crippen LogP contribution in [0.5, 0.6) is 0 Å². The third-order valence-corrected chi connectivity index (χ3v) is 2.38. The Morgan fingerprint density at radius 1 is 1.19 bits per heavy atom. The van der Waals surface area contributed by atoms with Crippen molar-refractivity contribution in [1.29, 1.82) is 0 Å². The Bertz CT molecular complexity index is 321. The minimum absolute atomic E-state index is 0.388. The minimum atomic E-state index is 0.388. The maximum absolute atomic E-state index is 4.58. The molecule has 0 radical (unpaired) electrons. The van der Waals surface area contributed by atoms with Gasteiger partial charge in [0.25, 0.3) is 0 Å². The van der Waals surface area contributed by atoms with Gasteiger partial charge in [-0.15, -0.1) is 0 Å². The normalized spacial score (nSPS) is 10.8. The van der Waals surface area contributed by atoms with Crippen molar-refractivity contribution in [1.82, 2.24) is 9.97 Å². The Hall–Kier alpha value is -1.12. The fraction of sp³-hybridized carbons (Fsp3) is 0.692. The molecule has 0 saturated carbocycles. The predicted molar refractivity (Wildman–Crippen MR) is 68.9 cm³/mol. The molecule has 0 aliphatic rings. The van der Waals surface area contributed by atoms with Gasteiger partial charge in [-0.1, -0.05) is 34.1 Å². The number of anilines is 1. The molecule has 90 valence electrons. The van der Waals surface area contributed by atoms with Crippen LogP contribution in [0.25, 0.3) is 0 Å². The number of hydrogen-bond acceptors (Lipinski definition) is 3. The van der Waals surface area contributed by atoms with Gasteiger partial charge in [-0.3, -0.25) is 0 Å². The smallest absolute Gasteiger partial charge is 0.133 e. The summed E-state index contributed by atoms with van der Waals surface area (Å²) in [5.41, 5.74) is 1.15. The zero-order valence-corrected chi connectivity index (χ0v) is 10.9. The molecule has 0 aliphatic heterocycles. The topological polar surface area (TPSA) is 37.8 Å². The molecule has 0 saturated heterocycles.